The number of hydrogen-bond donors (Lipinski definition) is 2. The lowest BCUT2D eigenvalue weighted by atomic mass is 10.2. The highest BCUT2D eigenvalue weighted by Crippen LogP contribution is 2.26. The summed E-state index contributed by atoms with van der Waals surface area (Å²) in [6.07, 6.45) is 2.88. The number of rotatable bonds is 4. The average Bonchev–Trinajstić information content (AvgIpc) is 2.49. The Balaban J connectivity index is 2.10. The first-order valence-electron chi connectivity index (χ1n) is 6.30. The first-order chi connectivity index (χ1) is 10.5. The molecule has 0 aliphatic heterocycles. The fourth-order valence-electron chi connectivity index (χ4n) is 1.75. The Labute approximate surface area is 137 Å². The highest BCUT2D eigenvalue weighted by Gasteiger charge is 2.04. The van der Waals surface area contributed by atoms with Crippen LogP contribution in [0.4, 0.5) is 5.69 Å². The number of carbonyl (C=O) groups is 2. The van der Waals surface area contributed by atoms with Gasteiger partial charge >= 0.3 is 0 Å². The van der Waals surface area contributed by atoms with Crippen molar-refractivity contribution in [3.8, 4) is 0 Å². The number of carbonyl (C=O) groups excluding carboxylic acids is 2. The Kier molecular flexibility index (Phi) is 5.20. The molecule has 2 amide bonds. The molecule has 112 valence electrons. The van der Waals surface area contributed by atoms with Gasteiger partial charge in [0.15, 0.2) is 0 Å². The van der Waals surface area contributed by atoms with Crippen LogP contribution in [0.2, 0.25) is 10.0 Å². The Morgan fingerprint density at radius 3 is 2.55 bits per heavy atom. The monoisotopic (exact) mass is 334 g/mol. The smallest absolute Gasteiger partial charge is 0.248 e. The van der Waals surface area contributed by atoms with Crippen LogP contribution in [0.3, 0.4) is 0 Å². The Hall–Kier alpha value is -2.30. The van der Waals surface area contributed by atoms with Crippen LogP contribution < -0.4 is 11.1 Å². The van der Waals surface area contributed by atoms with Gasteiger partial charge in [-0.05, 0) is 35.9 Å². The predicted molar refractivity (Wildman–Crippen MR) is 89.1 cm³/mol. The first-order valence-corrected chi connectivity index (χ1v) is 7.06. The van der Waals surface area contributed by atoms with Crippen LogP contribution in [0.1, 0.15) is 15.9 Å². The molecule has 0 unspecified atom stereocenters. The third kappa shape index (κ3) is 4.10. The van der Waals surface area contributed by atoms with Crippen molar-refractivity contribution in [2.45, 2.75) is 0 Å². The molecule has 0 fully saturated rings. The lowest BCUT2D eigenvalue weighted by Gasteiger charge is -2.04. The molecule has 0 atom stereocenters. The van der Waals surface area contributed by atoms with Gasteiger partial charge in [0.1, 0.15) is 0 Å². The SMILES string of the molecule is NC(=O)c1cccc(NC(=O)/C=C/c2cccc(Cl)c2Cl)c1. The van der Waals surface area contributed by atoms with Crippen molar-refractivity contribution < 1.29 is 9.59 Å². The molecule has 0 saturated carbocycles. The summed E-state index contributed by atoms with van der Waals surface area (Å²) < 4.78 is 0. The van der Waals surface area contributed by atoms with Gasteiger partial charge in [0.2, 0.25) is 11.8 Å². The van der Waals surface area contributed by atoms with Gasteiger partial charge in [-0.1, -0.05) is 41.4 Å². The molecule has 0 aromatic heterocycles. The number of primary amides is 1. The molecule has 0 aliphatic rings. The third-order valence-corrected chi connectivity index (χ3v) is 3.64. The predicted octanol–water partition coefficient (Wildman–Crippen LogP) is 3.74. The number of nitrogens with two attached hydrogens (primary N) is 1. The molecule has 2 aromatic carbocycles. The minimum absolute atomic E-state index is 0.319. The van der Waals surface area contributed by atoms with Crippen molar-refractivity contribution in [1.82, 2.24) is 0 Å². The number of anilines is 1. The van der Waals surface area contributed by atoms with Gasteiger partial charge in [-0.15, -0.1) is 0 Å². The molecule has 2 aromatic rings. The van der Waals surface area contributed by atoms with E-state index in [2.05, 4.69) is 5.32 Å². The van der Waals surface area contributed by atoms with Gasteiger partial charge in [-0.25, -0.2) is 0 Å². The van der Waals surface area contributed by atoms with Gasteiger partial charge in [-0.2, -0.15) is 0 Å². The maximum absolute atomic E-state index is 11.9. The summed E-state index contributed by atoms with van der Waals surface area (Å²) >= 11 is 11.9. The molecule has 0 spiro atoms. The molecular formula is C16H12Cl2N2O2. The van der Waals surface area contributed by atoms with Crippen molar-refractivity contribution >= 4 is 46.8 Å². The van der Waals surface area contributed by atoms with Gasteiger partial charge in [-0.3, -0.25) is 9.59 Å². The van der Waals surface area contributed by atoms with Crippen LogP contribution in [0, 0.1) is 0 Å². The largest absolute Gasteiger partial charge is 0.366 e. The molecule has 0 heterocycles. The van der Waals surface area contributed by atoms with Gasteiger partial charge in [0.05, 0.1) is 10.0 Å². The summed E-state index contributed by atoms with van der Waals surface area (Å²) in [5.74, 6) is -0.921. The molecule has 0 aliphatic carbocycles. The molecule has 6 heteroatoms. The second-order valence-electron chi connectivity index (χ2n) is 4.41. The quantitative estimate of drug-likeness (QED) is 0.836. The van der Waals surface area contributed by atoms with Crippen molar-refractivity contribution in [2.24, 2.45) is 5.73 Å². The lowest BCUT2D eigenvalue weighted by molar-refractivity contribution is -0.111. The number of hydrogen-bond acceptors (Lipinski definition) is 2. The molecule has 22 heavy (non-hydrogen) atoms. The van der Waals surface area contributed by atoms with E-state index < -0.39 is 5.91 Å². The second kappa shape index (κ2) is 7.11. The van der Waals surface area contributed by atoms with E-state index in [-0.39, 0.29) is 5.91 Å². The summed E-state index contributed by atoms with van der Waals surface area (Å²) in [5.41, 5.74) is 6.61. The van der Waals surface area contributed by atoms with E-state index in [1.807, 2.05) is 0 Å². The Morgan fingerprint density at radius 1 is 1.09 bits per heavy atom. The van der Waals surface area contributed by atoms with Crippen molar-refractivity contribution in [3.05, 3.63) is 69.7 Å². The van der Waals surface area contributed by atoms with E-state index in [4.69, 9.17) is 28.9 Å². The summed E-state index contributed by atoms with van der Waals surface area (Å²) in [5, 5.41) is 3.43. The summed E-state index contributed by atoms with van der Waals surface area (Å²) in [6.45, 7) is 0. The average molecular weight is 335 g/mol. The van der Waals surface area contributed by atoms with Gasteiger partial charge in [0.25, 0.3) is 0 Å². The van der Waals surface area contributed by atoms with E-state index >= 15 is 0 Å². The highest BCUT2D eigenvalue weighted by atomic mass is 35.5. The van der Waals surface area contributed by atoms with Crippen LogP contribution in [-0.4, -0.2) is 11.8 Å². The van der Waals surface area contributed by atoms with E-state index in [9.17, 15) is 9.59 Å². The zero-order valence-corrected chi connectivity index (χ0v) is 12.9. The first kappa shape index (κ1) is 16.1. The second-order valence-corrected chi connectivity index (χ2v) is 5.20. The van der Waals surface area contributed by atoms with Gasteiger partial charge < -0.3 is 11.1 Å². The number of benzene rings is 2. The van der Waals surface area contributed by atoms with Crippen LogP contribution >= 0.6 is 23.2 Å². The number of nitrogens with one attached hydrogen (secondary N) is 1. The minimum Gasteiger partial charge on any atom is -0.366 e. The normalized spacial score (nSPS) is 10.6. The number of amides is 2. The maximum atomic E-state index is 11.9. The fraction of sp³-hybridized carbons (Fsp3) is 0. The van der Waals surface area contributed by atoms with E-state index in [1.54, 1.807) is 42.5 Å². The van der Waals surface area contributed by atoms with Crippen LogP contribution in [0.5, 0.6) is 0 Å². The van der Waals surface area contributed by atoms with Crippen LogP contribution in [0.15, 0.2) is 48.5 Å². The van der Waals surface area contributed by atoms with E-state index in [0.29, 0.717) is 26.9 Å². The van der Waals surface area contributed by atoms with Crippen LogP contribution in [-0.2, 0) is 4.79 Å². The topological polar surface area (TPSA) is 72.2 Å². The Morgan fingerprint density at radius 2 is 1.82 bits per heavy atom. The molecule has 3 N–H and O–H groups in total. The molecule has 0 radical (unpaired) electrons. The van der Waals surface area contributed by atoms with Crippen molar-refractivity contribution in [1.29, 1.82) is 0 Å². The maximum Gasteiger partial charge on any atom is 0.248 e. The summed E-state index contributed by atoms with van der Waals surface area (Å²) in [6, 6.07) is 11.5. The fourth-order valence-corrected chi connectivity index (χ4v) is 2.12. The zero-order chi connectivity index (χ0) is 16.1. The lowest BCUT2D eigenvalue weighted by Crippen LogP contribution is -2.12. The van der Waals surface area contributed by atoms with Crippen molar-refractivity contribution in [2.75, 3.05) is 5.32 Å². The summed E-state index contributed by atoms with van der Waals surface area (Å²) in [7, 11) is 0. The molecule has 4 nitrogen and oxygen atoms in total. The molecule has 2 rings (SSSR count). The van der Waals surface area contributed by atoms with Crippen LogP contribution in [0.25, 0.3) is 6.08 Å². The highest BCUT2D eigenvalue weighted by molar-refractivity contribution is 6.42. The molecular weight excluding hydrogens is 323 g/mol. The van der Waals surface area contributed by atoms with E-state index in [1.165, 1.54) is 12.1 Å². The molecule has 0 saturated heterocycles. The molecule has 0 bridgehead atoms. The van der Waals surface area contributed by atoms with Crippen molar-refractivity contribution in [3.63, 3.8) is 0 Å². The van der Waals surface area contributed by atoms with E-state index in [0.717, 1.165) is 0 Å². The number of halogens is 2. The van der Waals surface area contributed by atoms with Gasteiger partial charge in [0, 0.05) is 17.3 Å². The third-order valence-electron chi connectivity index (χ3n) is 2.81. The zero-order valence-electron chi connectivity index (χ0n) is 11.3. The summed E-state index contributed by atoms with van der Waals surface area (Å²) in [4.78, 5) is 23.0. The Bertz CT molecular complexity index is 758. The minimum atomic E-state index is -0.558. The standard InChI is InChI=1S/C16H12Cl2N2O2/c17-13-6-2-3-10(15(13)18)7-8-14(21)20-12-5-1-4-11(9-12)16(19)22/h1-9H,(H2,19,22)(H,20,21)/b8-7+.